The number of hydrogen-bond donors (Lipinski definition) is 1. The summed E-state index contributed by atoms with van der Waals surface area (Å²) in [6.07, 6.45) is 1.97. The van der Waals surface area contributed by atoms with E-state index in [1.54, 1.807) is 0 Å². The SMILES string of the molecule is OCC1CCCN(Cc2c(F)cccc2F)C1. The second kappa shape index (κ2) is 5.56. The van der Waals surface area contributed by atoms with Crippen LogP contribution >= 0.6 is 0 Å². The van der Waals surface area contributed by atoms with Gasteiger partial charge < -0.3 is 5.11 Å². The molecule has 4 heteroatoms. The van der Waals surface area contributed by atoms with Gasteiger partial charge in [0.15, 0.2) is 0 Å². The van der Waals surface area contributed by atoms with Gasteiger partial charge in [-0.1, -0.05) is 6.07 Å². The molecule has 0 aliphatic carbocycles. The van der Waals surface area contributed by atoms with Gasteiger partial charge in [0.25, 0.3) is 0 Å². The molecule has 17 heavy (non-hydrogen) atoms. The first-order chi connectivity index (χ1) is 8.20. The molecule has 1 aromatic rings. The standard InChI is InChI=1S/C13H17F2NO/c14-12-4-1-5-13(15)11(12)8-16-6-2-3-10(7-16)9-17/h1,4-5,10,17H,2-3,6-9H2. The molecule has 1 aromatic carbocycles. The summed E-state index contributed by atoms with van der Waals surface area (Å²) >= 11 is 0. The van der Waals surface area contributed by atoms with Crippen LogP contribution in [0.25, 0.3) is 0 Å². The van der Waals surface area contributed by atoms with Crippen LogP contribution in [0.3, 0.4) is 0 Å². The Hall–Kier alpha value is -1.00. The van der Waals surface area contributed by atoms with Crippen LogP contribution in [0.2, 0.25) is 0 Å². The van der Waals surface area contributed by atoms with E-state index in [0.29, 0.717) is 6.54 Å². The normalized spacial score (nSPS) is 21.7. The zero-order chi connectivity index (χ0) is 12.3. The Morgan fingerprint density at radius 1 is 1.29 bits per heavy atom. The van der Waals surface area contributed by atoms with Gasteiger partial charge in [0.05, 0.1) is 0 Å². The molecule has 2 rings (SSSR count). The molecular formula is C13H17F2NO. The van der Waals surface area contributed by atoms with Gasteiger partial charge in [-0.3, -0.25) is 4.90 Å². The Kier molecular flexibility index (Phi) is 4.07. The van der Waals surface area contributed by atoms with Crippen molar-refractivity contribution in [3.63, 3.8) is 0 Å². The molecule has 0 radical (unpaired) electrons. The van der Waals surface area contributed by atoms with E-state index < -0.39 is 11.6 Å². The first kappa shape index (κ1) is 12.5. The lowest BCUT2D eigenvalue weighted by atomic mass is 9.98. The molecule has 1 heterocycles. The largest absolute Gasteiger partial charge is 0.396 e. The maximum atomic E-state index is 13.5. The van der Waals surface area contributed by atoms with Crippen LogP contribution in [0.4, 0.5) is 8.78 Å². The van der Waals surface area contributed by atoms with Crippen molar-refractivity contribution >= 4 is 0 Å². The molecule has 1 atom stereocenters. The van der Waals surface area contributed by atoms with Crippen molar-refractivity contribution in [3.05, 3.63) is 35.4 Å². The van der Waals surface area contributed by atoms with Gasteiger partial charge in [-0.25, -0.2) is 8.78 Å². The lowest BCUT2D eigenvalue weighted by Crippen LogP contribution is -2.36. The van der Waals surface area contributed by atoms with Crippen LogP contribution in [0, 0.1) is 17.6 Å². The third-order valence-electron chi connectivity index (χ3n) is 3.30. The number of piperidine rings is 1. The lowest BCUT2D eigenvalue weighted by Gasteiger charge is -2.31. The highest BCUT2D eigenvalue weighted by molar-refractivity contribution is 5.19. The molecule has 1 N–H and O–H groups in total. The molecule has 1 unspecified atom stereocenters. The molecule has 1 fully saturated rings. The zero-order valence-corrected chi connectivity index (χ0v) is 9.70. The second-order valence-electron chi connectivity index (χ2n) is 4.63. The molecule has 0 amide bonds. The minimum Gasteiger partial charge on any atom is -0.396 e. The van der Waals surface area contributed by atoms with E-state index in [0.717, 1.165) is 19.4 Å². The molecule has 1 aliphatic heterocycles. The summed E-state index contributed by atoms with van der Waals surface area (Å²) in [5.41, 5.74) is 0.131. The monoisotopic (exact) mass is 241 g/mol. The Bertz CT molecular complexity index is 363. The Morgan fingerprint density at radius 3 is 2.65 bits per heavy atom. The maximum Gasteiger partial charge on any atom is 0.130 e. The van der Waals surface area contributed by atoms with Gasteiger partial charge in [0.1, 0.15) is 11.6 Å². The Labute approximate surface area is 99.9 Å². The number of aliphatic hydroxyl groups is 1. The van der Waals surface area contributed by atoms with Crippen molar-refractivity contribution in [1.29, 1.82) is 0 Å². The van der Waals surface area contributed by atoms with E-state index in [1.165, 1.54) is 18.2 Å². The van der Waals surface area contributed by atoms with Crippen molar-refractivity contribution in [2.45, 2.75) is 19.4 Å². The van der Waals surface area contributed by atoms with Gasteiger partial charge in [0.2, 0.25) is 0 Å². The van der Waals surface area contributed by atoms with Crippen molar-refractivity contribution in [2.24, 2.45) is 5.92 Å². The maximum absolute atomic E-state index is 13.5. The van der Waals surface area contributed by atoms with Crippen molar-refractivity contribution in [3.8, 4) is 0 Å². The van der Waals surface area contributed by atoms with Crippen molar-refractivity contribution in [2.75, 3.05) is 19.7 Å². The van der Waals surface area contributed by atoms with Crippen LogP contribution in [0.15, 0.2) is 18.2 Å². The van der Waals surface area contributed by atoms with Gasteiger partial charge in [0, 0.05) is 25.3 Å². The second-order valence-corrected chi connectivity index (χ2v) is 4.63. The molecule has 1 aliphatic rings. The summed E-state index contributed by atoms with van der Waals surface area (Å²) in [6, 6.07) is 3.94. The number of rotatable bonds is 3. The topological polar surface area (TPSA) is 23.5 Å². The van der Waals surface area contributed by atoms with Crippen LogP contribution in [0.1, 0.15) is 18.4 Å². The average Bonchev–Trinajstić information content (AvgIpc) is 2.34. The summed E-state index contributed by atoms with van der Waals surface area (Å²) in [7, 11) is 0. The fourth-order valence-electron chi connectivity index (χ4n) is 2.35. The average molecular weight is 241 g/mol. The quantitative estimate of drug-likeness (QED) is 0.876. The molecule has 1 saturated heterocycles. The number of benzene rings is 1. The number of halogens is 2. The highest BCUT2D eigenvalue weighted by Gasteiger charge is 2.21. The van der Waals surface area contributed by atoms with Gasteiger partial charge in [-0.2, -0.15) is 0 Å². The zero-order valence-electron chi connectivity index (χ0n) is 9.70. The summed E-state index contributed by atoms with van der Waals surface area (Å²) in [4.78, 5) is 2.01. The van der Waals surface area contributed by atoms with Gasteiger partial charge >= 0.3 is 0 Å². The summed E-state index contributed by atoms with van der Waals surface area (Å²) in [5, 5.41) is 9.11. The fourth-order valence-corrected chi connectivity index (χ4v) is 2.35. The molecule has 94 valence electrons. The summed E-state index contributed by atoms with van der Waals surface area (Å²) in [5.74, 6) is -0.745. The predicted molar refractivity (Wildman–Crippen MR) is 61.4 cm³/mol. The van der Waals surface area contributed by atoms with E-state index in [4.69, 9.17) is 5.11 Å². The first-order valence-electron chi connectivity index (χ1n) is 5.97. The van der Waals surface area contributed by atoms with E-state index in [1.807, 2.05) is 4.90 Å². The minimum absolute atomic E-state index is 0.131. The van der Waals surface area contributed by atoms with Crippen molar-refractivity contribution < 1.29 is 13.9 Å². The number of aliphatic hydroxyl groups excluding tert-OH is 1. The van der Waals surface area contributed by atoms with Crippen LogP contribution in [-0.4, -0.2) is 29.7 Å². The molecule has 0 saturated carbocycles. The molecular weight excluding hydrogens is 224 g/mol. The van der Waals surface area contributed by atoms with Crippen LogP contribution in [0.5, 0.6) is 0 Å². The van der Waals surface area contributed by atoms with E-state index in [9.17, 15) is 8.78 Å². The van der Waals surface area contributed by atoms with Gasteiger partial charge in [-0.15, -0.1) is 0 Å². The fraction of sp³-hybridized carbons (Fsp3) is 0.538. The van der Waals surface area contributed by atoms with E-state index in [2.05, 4.69) is 0 Å². The smallest absolute Gasteiger partial charge is 0.130 e. The summed E-state index contributed by atoms with van der Waals surface area (Å²) < 4.78 is 26.9. The third kappa shape index (κ3) is 3.01. The highest BCUT2D eigenvalue weighted by atomic mass is 19.1. The lowest BCUT2D eigenvalue weighted by molar-refractivity contribution is 0.114. The Balaban J connectivity index is 2.05. The number of nitrogens with zero attached hydrogens (tertiary/aromatic N) is 1. The number of likely N-dealkylation sites (tertiary alicyclic amines) is 1. The highest BCUT2D eigenvalue weighted by Crippen LogP contribution is 2.20. The molecule has 0 aromatic heterocycles. The molecule has 0 spiro atoms. The summed E-state index contributed by atoms with van der Waals surface area (Å²) in [6.45, 7) is 1.99. The van der Waals surface area contributed by atoms with Crippen LogP contribution < -0.4 is 0 Å². The molecule has 2 nitrogen and oxygen atoms in total. The third-order valence-corrected chi connectivity index (χ3v) is 3.30. The van der Waals surface area contributed by atoms with Crippen molar-refractivity contribution in [1.82, 2.24) is 4.90 Å². The minimum atomic E-state index is -0.490. The predicted octanol–water partition coefficient (Wildman–Crippen LogP) is 2.17. The number of hydrogen-bond acceptors (Lipinski definition) is 2. The van der Waals surface area contributed by atoms with Gasteiger partial charge in [-0.05, 0) is 37.4 Å². The van der Waals surface area contributed by atoms with Crippen LogP contribution in [-0.2, 0) is 6.54 Å². The first-order valence-corrected chi connectivity index (χ1v) is 5.97. The van der Waals surface area contributed by atoms with E-state index in [-0.39, 0.29) is 24.6 Å². The van der Waals surface area contributed by atoms with E-state index >= 15 is 0 Å². The Morgan fingerprint density at radius 2 is 2.00 bits per heavy atom. The molecule has 0 bridgehead atoms.